The number of ether oxygens (including phenoxy) is 1. The van der Waals surface area contributed by atoms with Crippen LogP contribution in [0.2, 0.25) is 0 Å². The van der Waals surface area contributed by atoms with Crippen molar-refractivity contribution in [1.29, 1.82) is 0 Å². The van der Waals surface area contributed by atoms with Crippen LogP contribution < -0.4 is 0 Å². The molecule has 0 aromatic rings. The summed E-state index contributed by atoms with van der Waals surface area (Å²) in [6, 6.07) is 0. The average molecular weight is 357 g/mol. The van der Waals surface area contributed by atoms with Gasteiger partial charge in [0.15, 0.2) is 5.78 Å². The van der Waals surface area contributed by atoms with Crippen molar-refractivity contribution in [2.75, 3.05) is 7.11 Å². The zero-order valence-electron chi connectivity index (χ0n) is 13.0. The van der Waals surface area contributed by atoms with Crippen LogP contribution in [0.25, 0.3) is 0 Å². The molecule has 1 aliphatic rings. The Morgan fingerprint density at radius 3 is 2.76 bits per heavy atom. The highest BCUT2D eigenvalue weighted by molar-refractivity contribution is 9.12. The number of rotatable bonds is 9. The lowest BCUT2D eigenvalue weighted by Crippen LogP contribution is -2.04. The first-order valence-electron chi connectivity index (χ1n) is 7.79. The van der Waals surface area contributed by atoms with Crippen molar-refractivity contribution in [2.45, 2.75) is 58.3 Å². The minimum atomic E-state index is -0.146. The molecular formula is C17H25BrO3. The smallest absolute Gasteiger partial charge is 0.305 e. The molecule has 0 aromatic heterocycles. The fraction of sp³-hybridized carbons (Fsp3) is 0.647. The molecule has 0 N–H and O–H groups in total. The fourth-order valence-electron chi connectivity index (χ4n) is 2.51. The van der Waals surface area contributed by atoms with Gasteiger partial charge in [0.05, 0.1) is 11.6 Å². The molecule has 0 bridgehead atoms. The Kier molecular flexibility index (Phi) is 8.58. The SMILES string of the molecule is CCCCC1C=C(Br)C(=O)/C1=C\CCCCCC(=O)OC. The maximum Gasteiger partial charge on any atom is 0.305 e. The van der Waals surface area contributed by atoms with Gasteiger partial charge in [-0.3, -0.25) is 9.59 Å². The van der Waals surface area contributed by atoms with Crippen molar-refractivity contribution in [3.8, 4) is 0 Å². The van der Waals surface area contributed by atoms with Crippen molar-refractivity contribution in [2.24, 2.45) is 5.92 Å². The molecule has 118 valence electrons. The zero-order chi connectivity index (χ0) is 15.7. The number of ketones is 1. The third-order valence-corrected chi connectivity index (χ3v) is 4.40. The van der Waals surface area contributed by atoms with Gasteiger partial charge in [-0.2, -0.15) is 0 Å². The van der Waals surface area contributed by atoms with Crippen molar-refractivity contribution >= 4 is 27.7 Å². The molecule has 4 heteroatoms. The number of carbonyl (C=O) groups is 2. The maximum absolute atomic E-state index is 12.1. The van der Waals surface area contributed by atoms with Gasteiger partial charge in [-0.05, 0) is 41.6 Å². The summed E-state index contributed by atoms with van der Waals surface area (Å²) in [6.07, 6.45) is 11.7. The predicted molar refractivity (Wildman–Crippen MR) is 88.2 cm³/mol. The molecule has 0 aromatic carbocycles. The second-order valence-corrected chi connectivity index (χ2v) is 6.28. The Balaban J connectivity index is 2.36. The maximum atomic E-state index is 12.1. The highest BCUT2D eigenvalue weighted by atomic mass is 79.9. The van der Waals surface area contributed by atoms with E-state index >= 15 is 0 Å². The molecule has 0 saturated carbocycles. The van der Waals surface area contributed by atoms with E-state index in [0.717, 1.165) is 50.5 Å². The number of allylic oxidation sites excluding steroid dienone is 4. The summed E-state index contributed by atoms with van der Waals surface area (Å²) < 4.78 is 5.32. The predicted octanol–water partition coefficient (Wildman–Crippen LogP) is 4.70. The van der Waals surface area contributed by atoms with E-state index in [0.29, 0.717) is 10.9 Å². The summed E-state index contributed by atoms with van der Waals surface area (Å²) in [4.78, 5) is 23.1. The van der Waals surface area contributed by atoms with E-state index in [1.807, 2.05) is 6.08 Å². The van der Waals surface area contributed by atoms with Gasteiger partial charge >= 0.3 is 5.97 Å². The summed E-state index contributed by atoms with van der Waals surface area (Å²) in [5.41, 5.74) is 0.947. The third kappa shape index (κ3) is 6.16. The van der Waals surface area contributed by atoms with Gasteiger partial charge in [0.2, 0.25) is 0 Å². The second kappa shape index (κ2) is 9.93. The molecule has 3 nitrogen and oxygen atoms in total. The van der Waals surface area contributed by atoms with Crippen LogP contribution in [0.1, 0.15) is 58.3 Å². The monoisotopic (exact) mass is 356 g/mol. The number of hydrogen-bond donors (Lipinski definition) is 0. The van der Waals surface area contributed by atoms with E-state index in [1.165, 1.54) is 7.11 Å². The normalized spacial score (nSPS) is 20.0. The first kappa shape index (κ1) is 18.1. The van der Waals surface area contributed by atoms with E-state index < -0.39 is 0 Å². The van der Waals surface area contributed by atoms with Crippen LogP contribution in [-0.4, -0.2) is 18.9 Å². The lowest BCUT2D eigenvalue weighted by atomic mass is 9.95. The molecule has 1 unspecified atom stereocenters. The minimum Gasteiger partial charge on any atom is -0.469 e. The first-order chi connectivity index (χ1) is 10.1. The van der Waals surface area contributed by atoms with Gasteiger partial charge < -0.3 is 4.74 Å². The largest absolute Gasteiger partial charge is 0.469 e. The molecule has 0 spiro atoms. The fourth-order valence-corrected chi connectivity index (χ4v) is 3.05. The summed E-state index contributed by atoms with van der Waals surface area (Å²) in [6.45, 7) is 2.17. The molecule has 0 radical (unpaired) electrons. The average Bonchev–Trinajstić information content (AvgIpc) is 2.75. The van der Waals surface area contributed by atoms with Gasteiger partial charge in [0.25, 0.3) is 0 Å². The Morgan fingerprint density at radius 1 is 1.33 bits per heavy atom. The first-order valence-corrected chi connectivity index (χ1v) is 8.58. The van der Waals surface area contributed by atoms with Crippen LogP contribution in [0.3, 0.4) is 0 Å². The molecule has 0 amide bonds. The highest BCUT2D eigenvalue weighted by Gasteiger charge is 2.27. The number of hydrogen-bond acceptors (Lipinski definition) is 3. The van der Waals surface area contributed by atoms with Gasteiger partial charge in [0.1, 0.15) is 0 Å². The molecule has 1 rings (SSSR count). The molecule has 1 atom stereocenters. The van der Waals surface area contributed by atoms with Crippen LogP contribution in [-0.2, 0) is 14.3 Å². The summed E-state index contributed by atoms with van der Waals surface area (Å²) in [5, 5.41) is 0. The van der Waals surface area contributed by atoms with Gasteiger partial charge in [-0.1, -0.05) is 38.3 Å². The lowest BCUT2D eigenvalue weighted by molar-refractivity contribution is -0.140. The number of unbranched alkanes of at least 4 members (excludes halogenated alkanes) is 4. The standard InChI is InChI=1S/C17H25BrO3/c1-3-4-9-13-12-15(18)17(20)14(13)10-7-5-6-8-11-16(19)21-2/h10,12-13H,3-9,11H2,1-2H3/b14-10-. The summed E-state index contributed by atoms with van der Waals surface area (Å²) in [7, 11) is 1.42. The summed E-state index contributed by atoms with van der Waals surface area (Å²) >= 11 is 3.35. The number of carbonyl (C=O) groups excluding carboxylic acids is 2. The van der Waals surface area contributed by atoms with Crippen molar-refractivity contribution < 1.29 is 14.3 Å². The minimum absolute atomic E-state index is 0.144. The molecule has 0 aliphatic heterocycles. The topological polar surface area (TPSA) is 43.4 Å². The van der Waals surface area contributed by atoms with Gasteiger partial charge in [0, 0.05) is 17.9 Å². The Bertz CT molecular complexity index is 424. The van der Waals surface area contributed by atoms with E-state index in [-0.39, 0.29) is 17.7 Å². The molecule has 1 aliphatic carbocycles. The van der Waals surface area contributed by atoms with Gasteiger partial charge in [-0.25, -0.2) is 0 Å². The molecule has 0 fully saturated rings. The Labute approximate surface area is 135 Å². The van der Waals surface area contributed by atoms with E-state index in [2.05, 4.69) is 33.7 Å². The number of Topliss-reactive ketones (excluding diaryl/α,β-unsaturated/α-hetero) is 1. The number of esters is 1. The van der Waals surface area contributed by atoms with Crippen LogP contribution in [0.5, 0.6) is 0 Å². The molecule has 0 saturated heterocycles. The quantitative estimate of drug-likeness (QED) is 0.341. The third-order valence-electron chi connectivity index (χ3n) is 3.77. The summed E-state index contributed by atoms with van der Waals surface area (Å²) in [5.74, 6) is 0.277. The van der Waals surface area contributed by atoms with Crippen LogP contribution in [0.15, 0.2) is 22.2 Å². The number of halogens is 1. The molecule has 0 heterocycles. The Morgan fingerprint density at radius 2 is 2.10 bits per heavy atom. The van der Waals surface area contributed by atoms with Gasteiger partial charge in [-0.15, -0.1) is 0 Å². The van der Waals surface area contributed by atoms with Crippen LogP contribution in [0, 0.1) is 5.92 Å². The highest BCUT2D eigenvalue weighted by Crippen LogP contribution is 2.34. The van der Waals surface area contributed by atoms with Crippen molar-refractivity contribution in [3.63, 3.8) is 0 Å². The van der Waals surface area contributed by atoms with Crippen LogP contribution >= 0.6 is 15.9 Å². The number of methoxy groups -OCH3 is 1. The van der Waals surface area contributed by atoms with E-state index in [1.54, 1.807) is 0 Å². The Hall–Kier alpha value is -0.900. The van der Waals surface area contributed by atoms with Crippen molar-refractivity contribution in [3.05, 3.63) is 22.2 Å². The molecular weight excluding hydrogens is 332 g/mol. The van der Waals surface area contributed by atoms with Crippen LogP contribution in [0.4, 0.5) is 0 Å². The molecule has 21 heavy (non-hydrogen) atoms. The van der Waals surface area contributed by atoms with E-state index in [9.17, 15) is 9.59 Å². The lowest BCUT2D eigenvalue weighted by Gasteiger charge is -2.09. The second-order valence-electron chi connectivity index (χ2n) is 5.43. The van der Waals surface area contributed by atoms with Crippen molar-refractivity contribution in [1.82, 2.24) is 0 Å². The zero-order valence-corrected chi connectivity index (χ0v) is 14.6. The van der Waals surface area contributed by atoms with E-state index in [4.69, 9.17) is 0 Å².